The fourth-order valence-electron chi connectivity index (χ4n) is 2.67. The van der Waals surface area contributed by atoms with Gasteiger partial charge in [0.15, 0.2) is 0 Å². The summed E-state index contributed by atoms with van der Waals surface area (Å²) in [6.07, 6.45) is 1.44. The lowest BCUT2D eigenvalue weighted by molar-refractivity contribution is -0.133. The number of likely N-dealkylation sites (N-methyl/N-ethyl adjacent to an activating group) is 1. The Kier molecular flexibility index (Phi) is 6.19. The number of rotatable bonds is 5. The average Bonchev–Trinajstić information content (AvgIpc) is 2.35. The highest BCUT2D eigenvalue weighted by Gasteiger charge is 2.30. The second-order valence-corrected chi connectivity index (χ2v) is 8.48. The van der Waals surface area contributed by atoms with Crippen LogP contribution in [0.15, 0.2) is 0 Å². The minimum absolute atomic E-state index is 0.0450. The van der Waals surface area contributed by atoms with Gasteiger partial charge in [-0.3, -0.25) is 4.79 Å². The van der Waals surface area contributed by atoms with E-state index in [-0.39, 0.29) is 18.9 Å². The molecule has 1 saturated heterocycles. The van der Waals surface area contributed by atoms with E-state index >= 15 is 0 Å². The Bertz CT molecular complexity index is 449. The van der Waals surface area contributed by atoms with Crippen molar-refractivity contribution in [3.63, 3.8) is 0 Å². The molecule has 0 unspecified atom stereocenters. The molecule has 0 atom stereocenters. The van der Waals surface area contributed by atoms with Crippen LogP contribution >= 0.6 is 0 Å². The van der Waals surface area contributed by atoms with Gasteiger partial charge in [-0.1, -0.05) is 6.92 Å². The Labute approximate surface area is 129 Å². The van der Waals surface area contributed by atoms with Crippen LogP contribution in [0.2, 0.25) is 0 Å². The molecule has 21 heavy (non-hydrogen) atoms. The molecule has 1 amide bonds. The Balaban J connectivity index is 2.55. The number of amides is 1. The first-order valence-corrected chi connectivity index (χ1v) is 9.38. The number of sulfonamides is 1. The Morgan fingerprint density at radius 1 is 1.14 bits per heavy atom. The van der Waals surface area contributed by atoms with Crippen LogP contribution in [-0.4, -0.2) is 79.5 Å². The molecule has 1 aliphatic rings. The van der Waals surface area contributed by atoms with Crippen molar-refractivity contribution in [3.8, 4) is 0 Å². The number of carbonyl (C=O) groups is 1. The molecule has 0 spiro atoms. The van der Waals surface area contributed by atoms with Crippen molar-refractivity contribution in [2.75, 3.05) is 45.5 Å². The Morgan fingerprint density at radius 2 is 1.67 bits per heavy atom. The van der Waals surface area contributed by atoms with Gasteiger partial charge < -0.3 is 9.80 Å². The fraction of sp³-hybridized carbons (Fsp3) is 0.929. The molecule has 0 aliphatic carbocycles. The van der Waals surface area contributed by atoms with Gasteiger partial charge in [-0.25, -0.2) is 8.42 Å². The molecule has 1 rings (SSSR count). The van der Waals surface area contributed by atoms with Crippen molar-refractivity contribution in [2.24, 2.45) is 0 Å². The van der Waals surface area contributed by atoms with Crippen molar-refractivity contribution in [3.05, 3.63) is 0 Å². The maximum Gasteiger partial charge on any atom is 0.223 e. The molecule has 0 radical (unpaired) electrons. The van der Waals surface area contributed by atoms with Gasteiger partial charge in [-0.2, -0.15) is 4.31 Å². The molecule has 0 N–H and O–H groups in total. The van der Waals surface area contributed by atoms with E-state index in [4.69, 9.17) is 0 Å². The third-order valence-corrected chi connectivity index (χ3v) is 5.38. The standard InChI is InChI=1S/C14H29N3O3S/c1-6-15-9-11-16(12-10-15)13(18)7-8-17(14(2,3)4)21(5,19)20/h6-12H2,1-5H3. The quantitative estimate of drug-likeness (QED) is 0.744. The van der Waals surface area contributed by atoms with Crippen molar-refractivity contribution >= 4 is 15.9 Å². The van der Waals surface area contributed by atoms with Gasteiger partial charge in [0.2, 0.25) is 15.9 Å². The van der Waals surface area contributed by atoms with Crippen LogP contribution in [0.25, 0.3) is 0 Å². The Morgan fingerprint density at radius 3 is 2.05 bits per heavy atom. The lowest BCUT2D eigenvalue weighted by Crippen LogP contribution is -2.50. The van der Waals surface area contributed by atoms with Crippen LogP contribution in [-0.2, 0) is 14.8 Å². The van der Waals surface area contributed by atoms with E-state index in [1.54, 1.807) is 0 Å². The van der Waals surface area contributed by atoms with Crippen molar-refractivity contribution in [1.82, 2.24) is 14.1 Å². The molecule has 1 aliphatic heterocycles. The molecule has 0 saturated carbocycles. The molecule has 0 aromatic rings. The summed E-state index contributed by atoms with van der Waals surface area (Å²) in [5.41, 5.74) is -0.505. The van der Waals surface area contributed by atoms with Gasteiger partial charge in [0.05, 0.1) is 6.26 Å². The summed E-state index contributed by atoms with van der Waals surface area (Å²) in [7, 11) is -3.31. The topological polar surface area (TPSA) is 60.9 Å². The van der Waals surface area contributed by atoms with Crippen LogP contribution in [0.4, 0.5) is 0 Å². The number of hydrogen-bond acceptors (Lipinski definition) is 4. The highest BCUT2D eigenvalue weighted by atomic mass is 32.2. The maximum absolute atomic E-state index is 12.2. The second kappa shape index (κ2) is 7.07. The van der Waals surface area contributed by atoms with Crippen molar-refractivity contribution in [2.45, 2.75) is 39.7 Å². The first-order chi connectivity index (χ1) is 9.55. The average molecular weight is 319 g/mol. The van der Waals surface area contributed by atoms with E-state index in [9.17, 15) is 13.2 Å². The lowest BCUT2D eigenvalue weighted by Gasteiger charge is -2.36. The lowest BCUT2D eigenvalue weighted by atomic mass is 10.1. The van der Waals surface area contributed by atoms with Crippen LogP contribution in [0, 0.1) is 0 Å². The van der Waals surface area contributed by atoms with Gasteiger partial charge in [-0.15, -0.1) is 0 Å². The van der Waals surface area contributed by atoms with E-state index in [0.717, 1.165) is 32.7 Å². The van der Waals surface area contributed by atoms with Crippen LogP contribution < -0.4 is 0 Å². The SMILES string of the molecule is CCN1CCN(C(=O)CCN(C(C)(C)C)S(C)(=O)=O)CC1. The molecule has 6 nitrogen and oxygen atoms in total. The fourth-order valence-corrected chi connectivity index (χ4v) is 4.09. The number of piperazine rings is 1. The normalized spacial score (nSPS) is 18.3. The van der Waals surface area contributed by atoms with E-state index in [1.807, 2.05) is 25.7 Å². The van der Waals surface area contributed by atoms with Gasteiger partial charge in [0, 0.05) is 44.7 Å². The highest BCUT2D eigenvalue weighted by molar-refractivity contribution is 7.88. The summed E-state index contributed by atoms with van der Waals surface area (Å²) in [6.45, 7) is 12.2. The van der Waals surface area contributed by atoms with Crippen molar-refractivity contribution < 1.29 is 13.2 Å². The molecule has 7 heteroatoms. The molecule has 0 bridgehead atoms. The number of nitrogens with zero attached hydrogens (tertiary/aromatic N) is 3. The number of hydrogen-bond donors (Lipinski definition) is 0. The second-order valence-electron chi connectivity index (χ2n) is 6.57. The zero-order valence-corrected chi connectivity index (χ0v) is 14.7. The summed E-state index contributed by atoms with van der Waals surface area (Å²) in [5, 5.41) is 0. The number of carbonyl (C=O) groups excluding carboxylic acids is 1. The third kappa shape index (κ3) is 5.56. The zero-order chi connectivity index (χ0) is 16.3. The minimum Gasteiger partial charge on any atom is -0.340 e. The maximum atomic E-state index is 12.2. The first kappa shape index (κ1) is 18.4. The van der Waals surface area contributed by atoms with E-state index in [1.165, 1.54) is 10.6 Å². The Hall–Kier alpha value is -0.660. The molecule has 124 valence electrons. The van der Waals surface area contributed by atoms with Gasteiger partial charge in [0.1, 0.15) is 0 Å². The van der Waals surface area contributed by atoms with Crippen LogP contribution in [0.1, 0.15) is 34.1 Å². The van der Waals surface area contributed by atoms with Crippen molar-refractivity contribution in [1.29, 1.82) is 0 Å². The molecular formula is C14H29N3O3S. The zero-order valence-electron chi connectivity index (χ0n) is 13.9. The predicted molar refractivity (Wildman–Crippen MR) is 84.6 cm³/mol. The first-order valence-electron chi connectivity index (χ1n) is 7.53. The monoisotopic (exact) mass is 319 g/mol. The van der Waals surface area contributed by atoms with Gasteiger partial charge in [-0.05, 0) is 27.3 Å². The molecular weight excluding hydrogens is 290 g/mol. The third-order valence-electron chi connectivity index (χ3n) is 3.85. The largest absolute Gasteiger partial charge is 0.340 e. The smallest absolute Gasteiger partial charge is 0.223 e. The summed E-state index contributed by atoms with van der Waals surface area (Å²) < 4.78 is 25.1. The van der Waals surface area contributed by atoms with Gasteiger partial charge >= 0.3 is 0 Å². The summed E-state index contributed by atoms with van der Waals surface area (Å²) in [5.74, 6) is 0.0450. The van der Waals surface area contributed by atoms with Crippen LogP contribution in [0.5, 0.6) is 0 Å². The van der Waals surface area contributed by atoms with E-state index < -0.39 is 15.6 Å². The summed E-state index contributed by atoms with van der Waals surface area (Å²) >= 11 is 0. The molecule has 1 heterocycles. The van der Waals surface area contributed by atoms with E-state index in [2.05, 4.69) is 11.8 Å². The summed E-state index contributed by atoms with van der Waals surface area (Å²) in [6, 6.07) is 0. The summed E-state index contributed by atoms with van der Waals surface area (Å²) in [4.78, 5) is 16.4. The highest BCUT2D eigenvalue weighted by Crippen LogP contribution is 2.18. The van der Waals surface area contributed by atoms with Crippen LogP contribution in [0.3, 0.4) is 0 Å². The molecule has 0 aromatic heterocycles. The molecule has 1 fully saturated rings. The minimum atomic E-state index is -3.31. The predicted octanol–water partition coefficient (Wildman–Crippen LogP) is 0.601. The molecule has 0 aromatic carbocycles. The van der Waals surface area contributed by atoms with Gasteiger partial charge in [0.25, 0.3) is 0 Å². The van der Waals surface area contributed by atoms with E-state index in [0.29, 0.717) is 0 Å².